The highest BCUT2D eigenvalue weighted by Gasteiger charge is 2.19. The largest absolute Gasteiger partial charge is 0.491 e. The Morgan fingerprint density at radius 2 is 1.83 bits per heavy atom. The highest BCUT2D eigenvalue weighted by Crippen LogP contribution is 2.35. The Balaban J connectivity index is 2.16. The quantitative estimate of drug-likeness (QED) is 0.600. The van der Waals surface area contributed by atoms with Gasteiger partial charge in [0.2, 0.25) is 11.6 Å². The van der Waals surface area contributed by atoms with Gasteiger partial charge in [0.1, 0.15) is 5.76 Å². The van der Waals surface area contributed by atoms with Crippen LogP contribution in [0, 0.1) is 11.6 Å². The van der Waals surface area contributed by atoms with E-state index in [4.69, 9.17) is 9.15 Å². The molecule has 1 heterocycles. The predicted molar refractivity (Wildman–Crippen MR) is 86.7 cm³/mol. The summed E-state index contributed by atoms with van der Waals surface area (Å²) in [6.45, 7) is 4.09. The monoisotopic (exact) mass is 316 g/mol. The topological polar surface area (TPSA) is 22.4 Å². The van der Waals surface area contributed by atoms with Crippen molar-refractivity contribution in [3.8, 4) is 17.1 Å². The lowest BCUT2D eigenvalue weighted by Crippen LogP contribution is -1.96. The van der Waals surface area contributed by atoms with Gasteiger partial charge in [0.25, 0.3) is 0 Å². The van der Waals surface area contributed by atoms with Crippen molar-refractivity contribution in [2.45, 2.75) is 26.7 Å². The van der Waals surface area contributed by atoms with Crippen molar-refractivity contribution >= 4 is 11.0 Å². The van der Waals surface area contributed by atoms with Gasteiger partial charge < -0.3 is 9.15 Å². The summed E-state index contributed by atoms with van der Waals surface area (Å²) < 4.78 is 38.9. The van der Waals surface area contributed by atoms with Crippen LogP contribution in [0.15, 0.2) is 40.8 Å². The molecule has 0 unspecified atom stereocenters. The highest BCUT2D eigenvalue weighted by atomic mass is 19.2. The Labute approximate surface area is 133 Å². The minimum absolute atomic E-state index is 0.0766. The van der Waals surface area contributed by atoms with E-state index >= 15 is 0 Å². The molecular weight excluding hydrogens is 298 g/mol. The second-order valence-corrected chi connectivity index (χ2v) is 5.37. The number of aryl methyl sites for hydroxylation is 1. The Bertz CT molecular complexity index is 837. The first kappa shape index (κ1) is 15.5. The first-order valence-electron chi connectivity index (χ1n) is 7.78. The molecular formula is C19H18F2O2. The molecule has 0 atom stereocenters. The lowest BCUT2D eigenvalue weighted by Gasteiger charge is -2.05. The van der Waals surface area contributed by atoms with Crippen molar-refractivity contribution in [2.24, 2.45) is 0 Å². The summed E-state index contributed by atoms with van der Waals surface area (Å²) >= 11 is 0. The number of fused-ring (bicyclic) bond motifs is 1. The number of hydrogen-bond acceptors (Lipinski definition) is 2. The lowest BCUT2D eigenvalue weighted by atomic mass is 10.0. The molecule has 0 saturated carbocycles. The van der Waals surface area contributed by atoms with Crippen molar-refractivity contribution in [1.82, 2.24) is 0 Å². The summed E-state index contributed by atoms with van der Waals surface area (Å²) in [4.78, 5) is 0. The summed E-state index contributed by atoms with van der Waals surface area (Å²) in [5, 5.41) is 0.494. The second kappa shape index (κ2) is 6.41. The molecule has 0 bridgehead atoms. The molecule has 2 nitrogen and oxygen atoms in total. The van der Waals surface area contributed by atoms with E-state index in [1.54, 1.807) is 13.0 Å². The fourth-order valence-corrected chi connectivity index (χ4v) is 2.74. The minimum atomic E-state index is -1.01. The van der Waals surface area contributed by atoms with E-state index in [1.807, 2.05) is 24.3 Å². The van der Waals surface area contributed by atoms with Crippen molar-refractivity contribution in [3.63, 3.8) is 0 Å². The molecule has 2 aromatic carbocycles. The number of furan rings is 1. The Morgan fingerprint density at radius 3 is 2.57 bits per heavy atom. The number of ether oxygens (including phenoxy) is 1. The average molecular weight is 316 g/mol. The van der Waals surface area contributed by atoms with Crippen molar-refractivity contribution in [3.05, 3.63) is 53.6 Å². The van der Waals surface area contributed by atoms with Crippen LogP contribution in [0.2, 0.25) is 0 Å². The molecule has 1 aromatic heterocycles. The molecule has 0 aliphatic rings. The van der Waals surface area contributed by atoms with E-state index < -0.39 is 11.6 Å². The van der Waals surface area contributed by atoms with Gasteiger partial charge in [-0.3, -0.25) is 0 Å². The van der Waals surface area contributed by atoms with Gasteiger partial charge in [-0.25, -0.2) is 0 Å². The first-order chi connectivity index (χ1) is 11.2. The summed E-state index contributed by atoms with van der Waals surface area (Å²) in [5.41, 5.74) is 1.95. The molecule has 0 amide bonds. The maximum Gasteiger partial charge on any atom is 0.205 e. The Morgan fingerprint density at radius 1 is 1.04 bits per heavy atom. The van der Waals surface area contributed by atoms with Gasteiger partial charge in [-0.2, -0.15) is 8.78 Å². The van der Waals surface area contributed by atoms with Crippen LogP contribution in [0.1, 0.15) is 25.8 Å². The van der Waals surface area contributed by atoms with Gasteiger partial charge >= 0.3 is 0 Å². The number of benzene rings is 2. The summed E-state index contributed by atoms with van der Waals surface area (Å²) in [6.07, 6.45) is 1.89. The lowest BCUT2D eigenvalue weighted by molar-refractivity contribution is 0.314. The van der Waals surface area contributed by atoms with Crippen LogP contribution < -0.4 is 4.74 Å². The van der Waals surface area contributed by atoms with Crippen LogP contribution in [0.3, 0.4) is 0 Å². The van der Waals surface area contributed by atoms with Crippen LogP contribution in [-0.2, 0) is 6.42 Å². The molecule has 0 radical (unpaired) electrons. The van der Waals surface area contributed by atoms with Crippen LogP contribution in [0.5, 0.6) is 5.75 Å². The Hall–Kier alpha value is -2.36. The number of halogens is 2. The average Bonchev–Trinajstić information content (AvgIpc) is 2.97. The summed E-state index contributed by atoms with van der Waals surface area (Å²) in [5.74, 6) is -1.57. The van der Waals surface area contributed by atoms with Crippen molar-refractivity contribution in [1.29, 1.82) is 0 Å². The number of hydrogen-bond donors (Lipinski definition) is 0. The molecule has 3 aromatic rings. The highest BCUT2D eigenvalue weighted by molar-refractivity contribution is 5.85. The third kappa shape index (κ3) is 2.81. The minimum Gasteiger partial charge on any atom is -0.491 e. The third-order valence-corrected chi connectivity index (χ3v) is 3.76. The fraction of sp³-hybridized carbons (Fsp3) is 0.263. The van der Waals surface area contributed by atoms with E-state index in [0.717, 1.165) is 24.0 Å². The van der Waals surface area contributed by atoms with Crippen molar-refractivity contribution < 1.29 is 17.9 Å². The van der Waals surface area contributed by atoms with Gasteiger partial charge in [0.15, 0.2) is 11.3 Å². The smallest absolute Gasteiger partial charge is 0.205 e. The molecule has 0 N–H and O–H groups in total. The molecule has 120 valence electrons. The molecule has 0 saturated heterocycles. The van der Waals surface area contributed by atoms with Gasteiger partial charge in [0.05, 0.1) is 6.61 Å². The predicted octanol–water partition coefficient (Wildman–Crippen LogP) is 5.73. The zero-order valence-corrected chi connectivity index (χ0v) is 13.2. The molecule has 23 heavy (non-hydrogen) atoms. The SMILES string of the molecule is CCCc1ccccc1-c1cc2cc(OCC)c(F)c(F)c2o1. The van der Waals surface area contributed by atoms with Gasteiger partial charge in [-0.15, -0.1) is 0 Å². The standard InChI is InChI=1S/C19H18F2O2/c1-3-7-12-8-5-6-9-14(12)15-10-13-11-16(22-4-2)17(20)18(21)19(13)23-15/h5-6,8-11H,3-4,7H2,1-2H3. The Kier molecular flexibility index (Phi) is 4.33. The maximum absolute atomic E-state index is 14.2. The van der Waals surface area contributed by atoms with E-state index in [1.165, 1.54) is 6.07 Å². The fourth-order valence-electron chi connectivity index (χ4n) is 2.74. The number of rotatable bonds is 5. The summed E-state index contributed by atoms with van der Waals surface area (Å²) in [6, 6.07) is 11.0. The zero-order chi connectivity index (χ0) is 16.4. The molecule has 4 heteroatoms. The van der Waals surface area contributed by atoms with Gasteiger partial charge in [-0.05, 0) is 31.0 Å². The normalized spacial score (nSPS) is 11.1. The van der Waals surface area contributed by atoms with E-state index in [2.05, 4.69) is 6.92 Å². The van der Waals surface area contributed by atoms with Gasteiger partial charge in [-0.1, -0.05) is 37.6 Å². The first-order valence-corrected chi connectivity index (χ1v) is 7.78. The van der Waals surface area contributed by atoms with Crippen LogP contribution in [0.4, 0.5) is 8.78 Å². The summed E-state index contributed by atoms with van der Waals surface area (Å²) in [7, 11) is 0. The van der Waals surface area contributed by atoms with E-state index in [0.29, 0.717) is 11.1 Å². The zero-order valence-electron chi connectivity index (χ0n) is 13.2. The molecule has 0 fully saturated rings. The molecule has 0 aliphatic heterocycles. The molecule has 0 spiro atoms. The van der Waals surface area contributed by atoms with Crippen LogP contribution in [-0.4, -0.2) is 6.61 Å². The molecule has 0 aliphatic carbocycles. The second-order valence-electron chi connectivity index (χ2n) is 5.37. The third-order valence-electron chi connectivity index (χ3n) is 3.76. The van der Waals surface area contributed by atoms with Crippen LogP contribution >= 0.6 is 0 Å². The molecule has 3 rings (SSSR count). The van der Waals surface area contributed by atoms with Gasteiger partial charge in [0, 0.05) is 10.9 Å². The van der Waals surface area contributed by atoms with Crippen molar-refractivity contribution in [2.75, 3.05) is 6.61 Å². The van der Waals surface area contributed by atoms with E-state index in [9.17, 15) is 8.78 Å². The van der Waals surface area contributed by atoms with E-state index in [-0.39, 0.29) is 17.9 Å². The maximum atomic E-state index is 14.2. The van der Waals surface area contributed by atoms with Crippen LogP contribution in [0.25, 0.3) is 22.3 Å².